The predicted molar refractivity (Wildman–Crippen MR) is 59.0 cm³/mol. The lowest BCUT2D eigenvalue weighted by molar-refractivity contribution is -0.200. The van der Waals surface area contributed by atoms with Crippen LogP contribution in [0.1, 0.15) is 19.8 Å². The molecule has 1 amide bonds. The van der Waals surface area contributed by atoms with Crippen molar-refractivity contribution in [1.29, 1.82) is 0 Å². The zero-order chi connectivity index (χ0) is 12.0. The van der Waals surface area contributed by atoms with Crippen molar-refractivity contribution in [2.24, 2.45) is 5.41 Å². The van der Waals surface area contributed by atoms with Crippen LogP contribution in [0.2, 0.25) is 0 Å². The molecule has 0 aromatic rings. The second-order valence-corrected chi connectivity index (χ2v) is 4.63. The first kappa shape index (κ1) is 14.6. The van der Waals surface area contributed by atoms with Gasteiger partial charge in [0, 0.05) is 25.7 Å². The summed E-state index contributed by atoms with van der Waals surface area (Å²) in [5, 5.41) is 3.05. The second-order valence-electron chi connectivity index (χ2n) is 4.63. The minimum absolute atomic E-state index is 0. The van der Waals surface area contributed by atoms with E-state index in [0.717, 1.165) is 0 Å². The van der Waals surface area contributed by atoms with Gasteiger partial charge in [-0.3, -0.25) is 4.79 Å². The first-order valence-corrected chi connectivity index (χ1v) is 5.47. The summed E-state index contributed by atoms with van der Waals surface area (Å²) < 4.78 is 38.3. The molecule has 1 aliphatic carbocycles. The number of rotatable bonds is 1. The number of hydrogen-bond acceptors (Lipinski definition) is 2. The van der Waals surface area contributed by atoms with Gasteiger partial charge >= 0.3 is 6.18 Å². The third-order valence-electron chi connectivity index (χ3n) is 3.46. The maximum Gasteiger partial charge on any atom is 0.403 e. The number of alkyl halides is 3. The number of piperazine rings is 1. The molecule has 2 aliphatic rings. The summed E-state index contributed by atoms with van der Waals surface area (Å²) in [6, 6.07) is -0.152. The number of carbonyl (C=O) groups excluding carboxylic acids is 1. The van der Waals surface area contributed by atoms with Crippen molar-refractivity contribution in [2.75, 3.05) is 19.6 Å². The summed E-state index contributed by atoms with van der Waals surface area (Å²) in [4.78, 5) is 13.3. The van der Waals surface area contributed by atoms with Gasteiger partial charge in [-0.15, -0.1) is 12.4 Å². The zero-order valence-electron chi connectivity index (χ0n) is 9.51. The highest BCUT2D eigenvalue weighted by atomic mass is 35.5. The van der Waals surface area contributed by atoms with E-state index >= 15 is 0 Å². The summed E-state index contributed by atoms with van der Waals surface area (Å²) in [7, 11) is 0. The van der Waals surface area contributed by atoms with E-state index in [4.69, 9.17) is 0 Å². The van der Waals surface area contributed by atoms with Crippen LogP contribution in [0.4, 0.5) is 13.2 Å². The highest BCUT2D eigenvalue weighted by molar-refractivity contribution is 5.86. The highest BCUT2D eigenvalue weighted by Gasteiger charge is 2.69. The Morgan fingerprint density at radius 2 is 2.00 bits per heavy atom. The Kier molecular flexibility index (Phi) is 3.98. The number of hydrogen-bond donors (Lipinski definition) is 1. The van der Waals surface area contributed by atoms with Gasteiger partial charge in [0.1, 0.15) is 5.41 Å². The molecule has 1 aliphatic heterocycles. The SMILES string of the molecule is C[C@H]1CNCCN1C(=O)C1(C(F)(F)F)CC1.Cl. The van der Waals surface area contributed by atoms with Crippen LogP contribution in [0, 0.1) is 5.41 Å². The molecule has 1 N–H and O–H groups in total. The molecule has 2 rings (SSSR count). The third kappa shape index (κ3) is 2.38. The first-order valence-electron chi connectivity index (χ1n) is 5.47. The van der Waals surface area contributed by atoms with Gasteiger partial charge < -0.3 is 10.2 Å². The Morgan fingerprint density at radius 1 is 1.41 bits per heavy atom. The van der Waals surface area contributed by atoms with Gasteiger partial charge in [0.05, 0.1) is 0 Å². The molecule has 0 unspecified atom stereocenters. The van der Waals surface area contributed by atoms with Crippen LogP contribution in [0.3, 0.4) is 0 Å². The van der Waals surface area contributed by atoms with Gasteiger partial charge in [-0.25, -0.2) is 0 Å². The largest absolute Gasteiger partial charge is 0.403 e. The Balaban J connectivity index is 0.00000144. The predicted octanol–water partition coefficient (Wildman–Crippen LogP) is 1.57. The Labute approximate surface area is 104 Å². The molecule has 0 aromatic carbocycles. The summed E-state index contributed by atoms with van der Waals surface area (Å²) in [6.07, 6.45) is -4.49. The fraction of sp³-hybridized carbons (Fsp3) is 0.900. The van der Waals surface area contributed by atoms with E-state index in [-0.39, 0.29) is 31.3 Å². The minimum atomic E-state index is -4.39. The average Bonchev–Trinajstić information content (AvgIpc) is 2.97. The molecular formula is C10H16ClF3N2O. The zero-order valence-corrected chi connectivity index (χ0v) is 10.3. The van der Waals surface area contributed by atoms with Crippen molar-refractivity contribution in [2.45, 2.75) is 32.0 Å². The summed E-state index contributed by atoms with van der Waals surface area (Å²) in [6.45, 7) is 3.29. The van der Waals surface area contributed by atoms with Crippen LogP contribution in [0.25, 0.3) is 0 Å². The molecule has 0 spiro atoms. The first-order chi connectivity index (χ1) is 7.38. The molecule has 2 fully saturated rings. The van der Waals surface area contributed by atoms with E-state index in [1.807, 2.05) is 0 Å². The average molecular weight is 273 g/mol. The van der Waals surface area contributed by atoms with Gasteiger partial charge in [0.25, 0.3) is 0 Å². The molecule has 17 heavy (non-hydrogen) atoms. The molecular weight excluding hydrogens is 257 g/mol. The molecule has 100 valence electrons. The van der Waals surface area contributed by atoms with Crippen molar-refractivity contribution in [3.8, 4) is 0 Å². The molecule has 1 saturated carbocycles. The highest BCUT2D eigenvalue weighted by Crippen LogP contribution is 2.58. The van der Waals surface area contributed by atoms with Gasteiger partial charge in [-0.05, 0) is 19.8 Å². The second kappa shape index (κ2) is 4.65. The van der Waals surface area contributed by atoms with Crippen molar-refractivity contribution < 1.29 is 18.0 Å². The molecule has 3 nitrogen and oxygen atoms in total. The Bertz CT molecular complexity index is 304. The monoisotopic (exact) mass is 272 g/mol. The van der Waals surface area contributed by atoms with E-state index in [1.54, 1.807) is 6.92 Å². The lowest BCUT2D eigenvalue weighted by Gasteiger charge is -2.37. The number of nitrogens with zero attached hydrogens (tertiary/aromatic N) is 1. The van der Waals surface area contributed by atoms with Crippen molar-refractivity contribution >= 4 is 18.3 Å². The summed E-state index contributed by atoms with van der Waals surface area (Å²) in [5.74, 6) is -0.728. The van der Waals surface area contributed by atoms with Gasteiger partial charge in [-0.1, -0.05) is 0 Å². The van der Waals surface area contributed by atoms with Gasteiger partial charge in [-0.2, -0.15) is 13.2 Å². The van der Waals surface area contributed by atoms with Crippen LogP contribution in [-0.2, 0) is 4.79 Å². The lowest BCUT2D eigenvalue weighted by atomic mass is 10.0. The van der Waals surface area contributed by atoms with E-state index in [0.29, 0.717) is 19.6 Å². The number of halogens is 4. The van der Waals surface area contributed by atoms with Crippen LogP contribution in [0.15, 0.2) is 0 Å². The maximum absolute atomic E-state index is 12.8. The molecule has 0 bridgehead atoms. The maximum atomic E-state index is 12.8. The van der Waals surface area contributed by atoms with Crippen LogP contribution >= 0.6 is 12.4 Å². The van der Waals surface area contributed by atoms with Crippen molar-refractivity contribution in [3.05, 3.63) is 0 Å². The van der Waals surface area contributed by atoms with Crippen molar-refractivity contribution in [3.63, 3.8) is 0 Å². The van der Waals surface area contributed by atoms with Crippen LogP contribution in [0.5, 0.6) is 0 Å². The fourth-order valence-corrected chi connectivity index (χ4v) is 2.16. The third-order valence-corrected chi connectivity index (χ3v) is 3.46. The molecule has 1 atom stereocenters. The van der Waals surface area contributed by atoms with E-state index in [2.05, 4.69) is 5.32 Å². The smallest absolute Gasteiger partial charge is 0.337 e. The standard InChI is InChI=1S/C10H15F3N2O.ClH/c1-7-6-14-4-5-15(7)8(16)9(2-3-9)10(11,12)13;/h7,14H,2-6H2,1H3;1H/t7-;/m0./s1. The van der Waals surface area contributed by atoms with Crippen LogP contribution in [-0.4, -0.2) is 42.7 Å². The van der Waals surface area contributed by atoms with Gasteiger partial charge in [0.2, 0.25) is 5.91 Å². The minimum Gasteiger partial charge on any atom is -0.337 e. The van der Waals surface area contributed by atoms with E-state index in [1.165, 1.54) is 4.90 Å². The topological polar surface area (TPSA) is 32.3 Å². The van der Waals surface area contributed by atoms with Crippen molar-refractivity contribution in [1.82, 2.24) is 10.2 Å². The number of amides is 1. The number of carbonyl (C=O) groups is 1. The molecule has 1 saturated heterocycles. The molecule has 0 aromatic heterocycles. The van der Waals surface area contributed by atoms with E-state index < -0.39 is 17.5 Å². The molecule has 7 heteroatoms. The Hall–Kier alpha value is -0.490. The molecule has 1 heterocycles. The van der Waals surface area contributed by atoms with Gasteiger partial charge in [0.15, 0.2) is 0 Å². The number of nitrogens with one attached hydrogen (secondary N) is 1. The lowest BCUT2D eigenvalue weighted by Crippen LogP contribution is -2.56. The Morgan fingerprint density at radius 3 is 2.41 bits per heavy atom. The normalized spacial score (nSPS) is 27.3. The molecule has 0 radical (unpaired) electrons. The summed E-state index contributed by atoms with van der Waals surface area (Å²) >= 11 is 0. The quantitative estimate of drug-likeness (QED) is 0.786. The fourth-order valence-electron chi connectivity index (χ4n) is 2.16. The van der Waals surface area contributed by atoms with E-state index in [9.17, 15) is 18.0 Å². The summed E-state index contributed by atoms with van der Waals surface area (Å²) in [5.41, 5.74) is -2.06. The van der Waals surface area contributed by atoms with Crippen LogP contribution < -0.4 is 5.32 Å².